The van der Waals surface area contributed by atoms with E-state index in [4.69, 9.17) is 19.6 Å². The molecule has 0 aliphatic carbocycles. The number of hydrogen-bond acceptors (Lipinski definition) is 2. The Kier molecular flexibility index (Phi) is 5.85. The van der Waals surface area contributed by atoms with Crippen molar-refractivity contribution in [3.05, 3.63) is 53.5 Å². The van der Waals surface area contributed by atoms with Gasteiger partial charge in [0.1, 0.15) is 6.54 Å². The largest absolute Gasteiger partial charge is 0.517 e. The second-order valence-electron chi connectivity index (χ2n) is 6.24. The van der Waals surface area contributed by atoms with Gasteiger partial charge >= 0.3 is 0 Å². The maximum Gasteiger partial charge on any atom is 0.201 e. The molecule has 126 valence electrons. The predicted octanol–water partition coefficient (Wildman–Crippen LogP) is 2.56. The molecule has 6 heteroatoms. The van der Waals surface area contributed by atoms with Crippen molar-refractivity contribution in [1.82, 2.24) is 9.88 Å². The summed E-state index contributed by atoms with van der Waals surface area (Å²) in [7, 11) is 6.05. The fraction of sp³-hybridized carbons (Fsp3) is 0.444. The zero-order valence-corrected chi connectivity index (χ0v) is 15.0. The van der Waals surface area contributed by atoms with Gasteiger partial charge < -0.3 is 9.38 Å². The van der Waals surface area contributed by atoms with Crippen LogP contribution >= 0.6 is 11.6 Å². The maximum atomic E-state index is 6.38. The van der Waals surface area contributed by atoms with Crippen LogP contribution in [0, 0.1) is 6.54 Å². The standard InChI is InChI=1S/C18H24BClN4/c1-2-3-9-17-21-16(18(20)24(17)19)14-22-10-12-23(13-11-22)15-7-5-4-6-8-15/h4-8,14,21H,2-3,9-13H2,1H3. The zero-order valence-electron chi connectivity index (χ0n) is 14.2. The van der Waals surface area contributed by atoms with Crippen LogP contribution in [0.4, 0.5) is 5.69 Å². The van der Waals surface area contributed by atoms with Gasteiger partial charge in [-0.3, -0.25) is 12.9 Å². The van der Waals surface area contributed by atoms with Crippen molar-refractivity contribution in [2.24, 2.45) is 0 Å². The number of hydrogen-bond donors (Lipinski definition) is 1. The summed E-state index contributed by atoms with van der Waals surface area (Å²) in [5.41, 5.74) is 2.19. The third-order valence-electron chi connectivity index (χ3n) is 4.52. The van der Waals surface area contributed by atoms with E-state index in [-0.39, 0.29) is 0 Å². The van der Waals surface area contributed by atoms with Crippen LogP contribution in [0.3, 0.4) is 0 Å². The second kappa shape index (κ2) is 8.08. The van der Waals surface area contributed by atoms with Gasteiger partial charge in [0.25, 0.3) is 0 Å². The monoisotopic (exact) mass is 342 g/mol. The SMILES string of the molecule is [B-][n+]1c(CCCC)[nH]c([CH]N2CCN(c3ccccc3)CC2)c1Cl. The zero-order chi connectivity index (χ0) is 16.9. The molecule has 4 radical (unpaired) electrons. The Morgan fingerprint density at radius 2 is 1.92 bits per heavy atom. The number of para-hydroxylation sites is 1. The van der Waals surface area contributed by atoms with E-state index >= 15 is 0 Å². The Hall–Kier alpha value is -1.46. The van der Waals surface area contributed by atoms with Gasteiger partial charge in [-0.05, 0) is 30.2 Å². The molecule has 2 heterocycles. The predicted molar refractivity (Wildman–Crippen MR) is 99.4 cm³/mol. The molecule has 1 saturated heterocycles. The highest BCUT2D eigenvalue weighted by molar-refractivity contribution is 6.30. The fourth-order valence-corrected chi connectivity index (χ4v) is 3.26. The van der Waals surface area contributed by atoms with E-state index < -0.39 is 0 Å². The van der Waals surface area contributed by atoms with Gasteiger partial charge in [-0.2, -0.15) is 0 Å². The molecule has 4 nitrogen and oxygen atoms in total. The van der Waals surface area contributed by atoms with Crippen molar-refractivity contribution in [1.29, 1.82) is 0 Å². The van der Waals surface area contributed by atoms with Crippen molar-refractivity contribution in [2.75, 3.05) is 31.1 Å². The second-order valence-corrected chi connectivity index (χ2v) is 6.60. The molecule has 0 amide bonds. The first-order chi connectivity index (χ1) is 11.7. The summed E-state index contributed by atoms with van der Waals surface area (Å²) in [5.74, 6) is 0.982. The van der Waals surface area contributed by atoms with E-state index in [2.05, 4.69) is 58.6 Å². The van der Waals surface area contributed by atoms with Gasteiger partial charge in [-0.15, -0.1) is 0 Å². The van der Waals surface area contributed by atoms with E-state index in [0.29, 0.717) is 5.15 Å². The van der Waals surface area contributed by atoms with Crippen LogP contribution in [-0.2, 0) is 6.42 Å². The first-order valence-electron chi connectivity index (χ1n) is 8.65. The molecule has 0 spiro atoms. The Labute approximate surface area is 150 Å². The molecule has 3 rings (SSSR count). The highest BCUT2D eigenvalue weighted by atomic mass is 35.5. The third kappa shape index (κ3) is 3.96. The Bertz CT molecular complexity index is 651. The van der Waals surface area contributed by atoms with E-state index in [0.717, 1.165) is 57.0 Å². The number of unbranched alkanes of at least 4 members (excludes halogenated alkanes) is 1. The molecular formula is C18H24BClN4. The molecule has 1 aromatic carbocycles. The minimum atomic E-state index is 0.576. The minimum absolute atomic E-state index is 0.576. The number of aryl methyl sites for hydroxylation is 1. The number of anilines is 1. The van der Waals surface area contributed by atoms with Gasteiger partial charge in [-0.25, -0.2) is 4.98 Å². The maximum absolute atomic E-state index is 6.38. The highest BCUT2D eigenvalue weighted by Gasteiger charge is 2.22. The van der Waals surface area contributed by atoms with Crippen LogP contribution in [0.2, 0.25) is 5.15 Å². The number of nitrogens with one attached hydrogen (secondary N) is 1. The lowest BCUT2D eigenvalue weighted by Gasteiger charge is -2.35. The lowest BCUT2D eigenvalue weighted by molar-refractivity contribution is -0.527. The lowest BCUT2D eigenvalue weighted by Crippen LogP contribution is -2.45. The van der Waals surface area contributed by atoms with Crippen molar-refractivity contribution in [2.45, 2.75) is 26.2 Å². The average Bonchev–Trinajstić information content (AvgIpc) is 2.89. The van der Waals surface area contributed by atoms with Crippen LogP contribution in [0.5, 0.6) is 0 Å². The summed E-state index contributed by atoms with van der Waals surface area (Å²) >= 11 is 6.38. The molecule has 1 aliphatic heterocycles. The Morgan fingerprint density at radius 3 is 2.58 bits per heavy atom. The summed E-state index contributed by atoms with van der Waals surface area (Å²) < 4.78 is 1.57. The van der Waals surface area contributed by atoms with Crippen LogP contribution in [0.15, 0.2) is 30.3 Å². The quantitative estimate of drug-likeness (QED) is 0.817. The molecule has 1 aromatic heterocycles. The van der Waals surface area contributed by atoms with E-state index in [1.165, 1.54) is 5.69 Å². The van der Waals surface area contributed by atoms with Crippen LogP contribution in [0.1, 0.15) is 31.3 Å². The topological polar surface area (TPSA) is 26.1 Å². The molecule has 0 atom stereocenters. The lowest BCUT2D eigenvalue weighted by atomic mass is 10.2. The number of halogens is 1. The third-order valence-corrected chi connectivity index (χ3v) is 4.90. The van der Waals surface area contributed by atoms with Crippen molar-refractivity contribution in [3.8, 4) is 0 Å². The summed E-state index contributed by atoms with van der Waals surface area (Å²) in [6, 6.07) is 10.6. The number of piperazine rings is 1. The number of aromatic nitrogens is 2. The minimum Gasteiger partial charge on any atom is -0.517 e. The smallest absolute Gasteiger partial charge is 0.201 e. The van der Waals surface area contributed by atoms with Crippen molar-refractivity contribution in [3.63, 3.8) is 0 Å². The molecule has 1 N–H and O–H groups in total. The molecular weight excluding hydrogens is 318 g/mol. The summed E-state index contributed by atoms with van der Waals surface area (Å²) in [4.78, 5) is 8.09. The van der Waals surface area contributed by atoms with E-state index in [1.807, 2.05) is 0 Å². The first-order valence-corrected chi connectivity index (χ1v) is 9.03. The average molecular weight is 343 g/mol. The number of benzene rings is 1. The number of rotatable bonds is 6. The number of H-pyrrole nitrogens is 1. The molecule has 1 aliphatic rings. The van der Waals surface area contributed by atoms with E-state index in [9.17, 15) is 0 Å². The Balaban J connectivity index is 1.58. The molecule has 0 unspecified atom stereocenters. The molecule has 1 fully saturated rings. The molecule has 24 heavy (non-hydrogen) atoms. The molecule has 2 aromatic rings. The van der Waals surface area contributed by atoms with Crippen molar-refractivity contribution >= 4 is 25.3 Å². The molecule has 0 saturated carbocycles. The van der Waals surface area contributed by atoms with Crippen molar-refractivity contribution < 1.29 is 4.48 Å². The number of imidazole rings is 1. The number of aromatic amines is 1. The van der Waals surface area contributed by atoms with Crippen LogP contribution in [0.25, 0.3) is 0 Å². The van der Waals surface area contributed by atoms with E-state index in [1.54, 1.807) is 4.48 Å². The summed E-state index contributed by atoms with van der Waals surface area (Å²) in [6.07, 6.45) is 3.16. The van der Waals surface area contributed by atoms with Crippen LogP contribution in [-0.4, -0.2) is 44.0 Å². The van der Waals surface area contributed by atoms with Crippen LogP contribution < -0.4 is 9.38 Å². The highest BCUT2D eigenvalue weighted by Crippen LogP contribution is 2.19. The number of nitrogens with zero attached hydrogens (tertiary/aromatic N) is 3. The van der Waals surface area contributed by atoms with Gasteiger partial charge in [-0.1, -0.05) is 31.5 Å². The van der Waals surface area contributed by atoms with Gasteiger partial charge in [0, 0.05) is 38.3 Å². The van der Waals surface area contributed by atoms with Gasteiger partial charge in [0.15, 0.2) is 10.8 Å². The summed E-state index contributed by atoms with van der Waals surface area (Å²) in [6.45, 7) is 8.22. The van der Waals surface area contributed by atoms with Gasteiger partial charge in [0.05, 0.1) is 0 Å². The first kappa shape index (κ1) is 17.4. The molecule has 0 bridgehead atoms. The van der Waals surface area contributed by atoms with Gasteiger partial charge in [0.2, 0.25) is 5.82 Å². The Morgan fingerprint density at radius 1 is 1.21 bits per heavy atom. The fourth-order valence-electron chi connectivity index (χ4n) is 3.06. The normalized spacial score (nSPS) is 15.9. The summed E-state index contributed by atoms with van der Waals surface area (Å²) in [5, 5.41) is 0.576.